The van der Waals surface area contributed by atoms with Crippen LogP contribution in [0.15, 0.2) is 6.07 Å². The van der Waals surface area contributed by atoms with E-state index in [0.717, 1.165) is 5.69 Å². The molecule has 0 unspecified atom stereocenters. The fourth-order valence-corrected chi connectivity index (χ4v) is 1.22. The van der Waals surface area contributed by atoms with Crippen molar-refractivity contribution in [2.24, 2.45) is 18.2 Å². The summed E-state index contributed by atoms with van der Waals surface area (Å²) in [6.07, 6.45) is 0. The monoisotopic (exact) mass is 224 g/mol. The van der Waals surface area contributed by atoms with Crippen molar-refractivity contribution in [3.63, 3.8) is 0 Å². The van der Waals surface area contributed by atoms with E-state index in [1.54, 1.807) is 4.68 Å². The van der Waals surface area contributed by atoms with E-state index in [2.05, 4.69) is 10.4 Å². The molecule has 3 N–H and O–H groups in total. The van der Waals surface area contributed by atoms with Crippen LogP contribution in [0.5, 0.6) is 0 Å². The minimum atomic E-state index is -0.546. The van der Waals surface area contributed by atoms with Crippen LogP contribution >= 0.6 is 0 Å². The highest BCUT2D eigenvalue weighted by Gasteiger charge is 2.27. The Morgan fingerprint density at radius 1 is 1.56 bits per heavy atom. The number of aromatic nitrogens is 2. The number of carbonyl (C=O) groups excluding carboxylic acids is 1. The molecule has 0 spiro atoms. The smallest absolute Gasteiger partial charge is 0.243 e. The van der Waals surface area contributed by atoms with Crippen molar-refractivity contribution in [1.82, 2.24) is 9.78 Å². The Balaban J connectivity index is 2.72. The minimum absolute atomic E-state index is 0.203. The minimum Gasteiger partial charge on any atom is -0.319 e. The molecule has 0 aliphatic carbocycles. The fraction of sp³-hybridized carbons (Fsp3) is 0.636. The largest absolute Gasteiger partial charge is 0.319 e. The summed E-state index contributed by atoms with van der Waals surface area (Å²) in [5.74, 6) is 0.343. The van der Waals surface area contributed by atoms with Gasteiger partial charge in [0.05, 0.1) is 6.04 Å². The molecule has 0 saturated carbocycles. The first kappa shape index (κ1) is 12.7. The van der Waals surface area contributed by atoms with E-state index in [0.29, 0.717) is 5.82 Å². The van der Waals surface area contributed by atoms with E-state index >= 15 is 0 Å². The lowest BCUT2D eigenvalue weighted by Gasteiger charge is -2.25. The van der Waals surface area contributed by atoms with Gasteiger partial charge in [0.25, 0.3) is 0 Å². The number of amides is 1. The van der Waals surface area contributed by atoms with E-state index in [-0.39, 0.29) is 11.3 Å². The van der Waals surface area contributed by atoms with Gasteiger partial charge in [-0.25, -0.2) is 0 Å². The third-order valence-corrected chi connectivity index (χ3v) is 2.58. The quantitative estimate of drug-likeness (QED) is 0.788. The van der Waals surface area contributed by atoms with Crippen LogP contribution in [-0.4, -0.2) is 21.7 Å². The van der Waals surface area contributed by atoms with E-state index in [9.17, 15) is 4.79 Å². The summed E-state index contributed by atoms with van der Waals surface area (Å²) in [4.78, 5) is 11.8. The molecule has 1 heterocycles. The van der Waals surface area contributed by atoms with Gasteiger partial charge in [0.15, 0.2) is 5.82 Å². The SMILES string of the molecule is Cc1cc(NC(=O)[C@@H](N)C(C)(C)C)nn1C. The topological polar surface area (TPSA) is 72.9 Å². The highest BCUT2D eigenvalue weighted by molar-refractivity contribution is 5.94. The molecule has 0 aliphatic rings. The van der Waals surface area contributed by atoms with Gasteiger partial charge in [-0.2, -0.15) is 5.10 Å². The van der Waals surface area contributed by atoms with Gasteiger partial charge in [0.2, 0.25) is 5.91 Å². The normalized spacial score (nSPS) is 13.6. The molecule has 1 aromatic rings. The Bertz CT molecular complexity index is 370. The average molecular weight is 224 g/mol. The van der Waals surface area contributed by atoms with Crippen LogP contribution in [-0.2, 0) is 11.8 Å². The van der Waals surface area contributed by atoms with Gasteiger partial charge in [-0.15, -0.1) is 0 Å². The molecular weight excluding hydrogens is 204 g/mol. The van der Waals surface area contributed by atoms with E-state index in [1.807, 2.05) is 40.8 Å². The molecular formula is C11H20N4O. The highest BCUT2D eigenvalue weighted by Crippen LogP contribution is 2.18. The molecule has 0 saturated heterocycles. The lowest BCUT2D eigenvalue weighted by molar-refractivity contribution is -0.119. The zero-order valence-electron chi connectivity index (χ0n) is 10.5. The second kappa shape index (κ2) is 4.25. The molecule has 1 rings (SSSR count). The maximum absolute atomic E-state index is 11.8. The van der Waals surface area contributed by atoms with Crippen LogP contribution in [0.3, 0.4) is 0 Å². The van der Waals surface area contributed by atoms with Crippen molar-refractivity contribution in [2.45, 2.75) is 33.7 Å². The summed E-state index contributed by atoms with van der Waals surface area (Å²) < 4.78 is 1.71. The maximum Gasteiger partial charge on any atom is 0.243 e. The van der Waals surface area contributed by atoms with Crippen LogP contribution in [0.4, 0.5) is 5.82 Å². The summed E-state index contributed by atoms with van der Waals surface area (Å²) >= 11 is 0. The molecule has 5 heteroatoms. The Kier molecular flexibility index (Phi) is 3.38. The predicted octanol–water partition coefficient (Wildman–Crippen LogP) is 1.04. The first-order chi connectivity index (χ1) is 7.21. The van der Waals surface area contributed by atoms with E-state index in [1.165, 1.54) is 0 Å². The van der Waals surface area contributed by atoms with Crippen molar-refractivity contribution >= 4 is 11.7 Å². The van der Waals surface area contributed by atoms with Crippen LogP contribution < -0.4 is 11.1 Å². The summed E-state index contributed by atoms with van der Waals surface area (Å²) in [6.45, 7) is 7.72. The summed E-state index contributed by atoms with van der Waals surface area (Å²) in [7, 11) is 1.83. The molecule has 0 radical (unpaired) electrons. The van der Waals surface area contributed by atoms with E-state index < -0.39 is 6.04 Å². The lowest BCUT2D eigenvalue weighted by Crippen LogP contribution is -2.45. The molecule has 90 valence electrons. The van der Waals surface area contributed by atoms with Gasteiger partial charge >= 0.3 is 0 Å². The molecule has 0 bridgehead atoms. The Morgan fingerprint density at radius 2 is 2.12 bits per heavy atom. The number of nitrogens with zero attached hydrogens (tertiary/aromatic N) is 2. The molecule has 0 fully saturated rings. The lowest BCUT2D eigenvalue weighted by atomic mass is 9.87. The van der Waals surface area contributed by atoms with Gasteiger partial charge in [-0.1, -0.05) is 20.8 Å². The number of anilines is 1. The van der Waals surface area contributed by atoms with Crippen LogP contribution in [0.2, 0.25) is 0 Å². The number of rotatable bonds is 2. The van der Waals surface area contributed by atoms with Crippen LogP contribution in [0.1, 0.15) is 26.5 Å². The van der Waals surface area contributed by atoms with Crippen molar-refractivity contribution in [3.8, 4) is 0 Å². The zero-order chi connectivity index (χ0) is 12.5. The Morgan fingerprint density at radius 3 is 2.50 bits per heavy atom. The fourth-order valence-electron chi connectivity index (χ4n) is 1.22. The summed E-state index contributed by atoms with van der Waals surface area (Å²) in [6, 6.07) is 1.27. The Hall–Kier alpha value is -1.36. The standard InChI is InChI=1S/C11H20N4O/c1-7-6-8(14-15(7)5)13-10(16)9(12)11(2,3)4/h6,9H,12H2,1-5H3,(H,13,14,16)/t9-/m1/s1. The number of aryl methyl sites for hydroxylation is 2. The summed E-state index contributed by atoms with van der Waals surface area (Å²) in [5, 5.41) is 6.86. The van der Waals surface area contributed by atoms with Gasteiger partial charge < -0.3 is 11.1 Å². The van der Waals surface area contributed by atoms with Gasteiger partial charge in [-0.05, 0) is 12.3 Å². The molecule has 0 aliphatic heterocycles. The molecule has 16 heavy (non-hydrogen) atoms. The van der Waals surface area contributed by atoms with E-state index in [4.69, 9.17) is 5.73 Å². The van der Waals surface area contributed by atoms with Gasteiger partial charge in [0, 0.05) is 18.8 Å². The number of nitrogens with two attached hydrogens (primary N) is 1. The van der Waals surface area contributed by atoms with Gasteiger partial charge in [0.1, 0.15) is 0 Å². The maximum atomic E-state index is 11.8. The number of carbonyl (C=O) groups is 1. The predicted molar refractivity (Wildman–Crippen MR) is 64.0 cm³/mol. The highest BCUT2D eigenvalue weighted by atomic mass is 16.2. The Labute approximate surface area is 96.0 Å². The summed E-state index contributed by atoms with van der Waals surface area (Å²) in [5.41, 5.74) is 6.57. The molecule has 1 aromatic heterocycles. The van der Waals surface area contributed by atoms with Gasteiger partial charge in [-0.3, -0.25) is 9.48 Å². The van der Waals surface area contributed by atoms with Crippen molar-refractivity contribution in [3.05, 3.63) is 11.8 Å². The van der Waals surface area contributed by atoms with Crippen molar-refractivity contribution in [1.29, 1.82) is 0 Å². The first-order valence-electron chi connectivity index (χ1n) is 5.29. The second-order valence-corrected chi connectivity index (χ2v) is 5.13. The average Bonchev–Trinajstić information content (AvgIpc) is 2.43. The molecule has 0 aromatic carbocycles. The third-order valence-electron chi connectivity index (χ3n) is 2.58. The molecule has 1 atom stereocenters. The second-order valence-electron chi connectivity index (χ2n) is 5.13. The van der Waals surface area contributed by atoms with Crippen molar-refractivity contribution in [2.75, 3.05) is 5.32 Å². The number of hydrogen-bond acceptors (Lipinski definition) is 3. The molecule has 1 amide bonds. The van der Waals surface area contributed by atoms with Crippen molar-refractivity contribution < 1.29 is 4.79 Å². The molecule has 5 nitrogen and oxygen atoms in total. The number of nitrogens with one attached hydrogen (secondary N) is 1. The van der Waals surface area contributed by atoms with Crippen LogP contribution in [0, 0.1) is 12.3 Å². The number of hydrogen-bond donors (Lipinski definition) is 2. The third kappa shape index (κ3) is 2.82. The first-order valence-corrected chi connectivity index (χ1v) is 5.29. The zero-order valence-corrected chi connectivity index (χ0v) is 10.5. The van der Waals surface area contributed by atoms with Crippen LogP contribution in [0.25, 0.3) is 0 Å².